The number of aliphatic hydroxyl groups excluding tert-OH is 1. The molecule has 0 amide bonds. The third-order valence-electron chi connectivity index (χ3n) is 3.94. The van der Waals surface area contributed by atoms with Crippen molar-refractivity contribution in [3.8, 4) is 0 Å². The minimum absolute atomic E-state index is 0.0715. The molecule has 0 spiro atoms. The van der Waals surface area contributed by atoms with E-state index in [4.69, 9.17) is 5.11 Å². The molecule has 104 valence electrons. The van der Waals surface area contributed by atoms with E-state index < -0.39 is 5.97 Å². The van der Waals surface area contributed by atoms with E-state index in [-0.39, 0.29) is 17.7 Å². The van der Waals surface area contributed by atoms with Crippen LogP contribution >= 0.6 is 0 Å². The molecule has 1 fully saturated rings. The molecule has 1 saturated carbocycles. The SMILES string of the molecule is CC1CCC(CO)(Nc2ccc(C(=O)O)cn2)CC1. The van der Waals surface area contributed by atoms with Gasteiger partial charge in [-0.25, -0.2) is 9.78 Å². The van der Waals surface area contributed by atoms with Gasteiger partial charge in [0.05, 0.1) is 17.7 Å². The second-order valence-electron chi connectivity index (χ2n) is 5.48. The van der Waals surface area contributed by atoms with Gasteiger partial charge in [0.1, 0.15) is 5.82 Å². The zero-order valence-corrected chi connectivity index (χ0v) is 11.1. The van der Waals surface area contributed by atoms with E-state index in [1.165, 1.54) is 12.3 Å². The molecule has 5 heteroatoms. The van der Waals surface area contributed by atoms with Crippen LogP contribution in [0.4, 0.5) is 5.82 Å². The van der Waals surface area contributed by atoms with Gasteiger partial charge in [-0.3, -0.25) is 0 Å². The molecule has 3 N–H and O–H groups in total. The Hall–Kier alpha value is -1.62. The van der Waals surface area contributed by atoms with Crippen molar-refractivity contribution in [1.82, 2.24) is 4.98 Å². The third kappa shape index (κ3) is 3.23. The van der Waals surface area contributed by atoms with Gasteiger partial charge < -0.3 is 15.5 Å². The lowest BCUT2D eigenvalue weighted by Gasteiger charge is -2.39. The summed E-state index contributed by atoms with van der Waals surface area (Å²) < 4.78 is 0. The highest BCUT2D eigenvalue weighted by atomic mass is 16.4. The molecular formula is C14H20N2O3. The quantitative estimate of drug-likeness (QED) is 0.776. The van der Waals surface area contributed by atoms with Crippen LogP contribution in [0.2, 0.25) is 0 Å². The van der Waals surface area contributed by atoms with Gasteiger partial charge in [-0.1, -0.05) is 6.92 Å². The van der Waals surface area contributed by atoms with E-state index in [0.717, 1.165) is 25.7 Å². The summed E-state index contributed by atoms with van der Waals surface area (Å²) in [6, 6.07) is 3.17. The van der Waals surface area contributed by atoms with Gasteiger partial charge in [-0.2, -0.15) is 0 Å². The van der Waals surface area contributed by atoms with Crippen molar-refractivity contribution in [3.63, 3.8) is 0 Å². The first-order valence-corrected chi connectivity index (χ1v) is 6.63. The smallest absolute Gasteiger partial charge is 0.337 e. The molecule has 0 saturated heterocycles. The van der Waals surface area contributed by atoms with Crippen LogP contribution < -0.4 is 5.32 Å². The predicted molar refractivity (Wildman–Crippen MR) is 72.3 cm³/mol. The molecule has 0 atom stereocenters. The van der Waals surface area contributed by atoms with Gasteiger partial charge in [0.25, 0.3) is 0 Å². The Morgan fingerprint density at radius 1 is 1.47 bits per heavy atom. The summed E-state index contributed by atoms with van der Waals surface area (Å²) in [5.41, 5.74) is -0.148. The number of carbonyl (C=O) groups is 1. The minimum atomic E-state index is -0.984. The summed E-state index contributed by atoms with van der Waals surface area (Å²) in [5.74, 6) is 0.333. The summed E-state index contributed by atoms with van der Waals surface area (Å²) in [4.78, 5) is 14.9. The topological polar surface area (TPSA) is 82.5 Å². The summed E-state index contributed by atoms with van der Waals surface area (Å²) in [6.07, 6.45) is 5.32. The first-order chi connectivity index (χ1) is 9.04. The van der Waals surface area contributed by atoms with Gasteiger partial charge in [0, 0.05) is 6.20 Å². The molecule has 0 aromatic carbocycles. The monoisotopic (exact) mass is 264 g/mol. The van der Waals surface area contributed by atoms with Crippen LogP contribution in [0.3, 0.4) is 0 Å². The highest BCUT2D eigenvalue weighted by Gasteiger charge is 2.33. The molecule has 1 heterocycles. The van der Waals surface area contributed by atoms with Gasteiger partial charge in [0.15, 0.2) is 0 Å². The lowest BCUT2D eigenvalue weighted by molar-refractivity contribution is 0.0696. The van der Waals surface area contributed by atoms with Crippen LogP contribution in [0, 0.1) is 5.92 Å². The number of carboxylic acids is 1. The van der Waals surface area contributed by atoms with Crippen molar-refractivity contribution in [2.24, 2.45) is 5.92 Å². The molecule has 1 aliphatic carbocycles. The highest BCUT2D eigenvalue weighted by Crippen LogP contribution is 2.33. The summed E-state index contributed by atoms with van der Waals surface area (Å²) in [5, 5.41) is 21.7. The van der Waals surface area contributed by atoms with Crippen LogP contribution in [-0.2, 0) is 0 Å². The molecule has 0 bridgehead atoms. The van der Waals surface area contributed by atoms with Gasteiger partial charge in [0.2, 0.25) is 0 Å². The van der Waals surface area contributed by atoms with E-state index >= 15 is 0 Å². The normalized spacial score (nSPS) is 26.9. The van der Waals surface area contributed by atoms with Crippen LogP contribution in [0.25, 0.3) is 0 Å². The number of pyridine rings is 1. The van der Waals surface area contributed by atoms with E-state index in [0.29, 0.717) is 11.7 Å². The maximum absolute atomic E-state index is 10.8. The summed E-state index contributed by atoms with van der Waals surface area (Å²) in [7, 11) is 0. The number of aromatic carboxylic acids is 1. The standard InChI is InChI=1S/C14H20N2O3/c1-10-4-6-14(9-17,7-5-10)16-12-3-2-11(8-15-12)13(18)19/h2-3,8,10,17H,4-7,9H2,1H3,(H,15,16)(H,18,19). The van der Waals surface area contributed by atoms with Crippen molar-refractivity contribution in [2.45, 2.75) is 38.1 Å². The molecule has 0 aliphatic heterocycles. The summed E-state index contributed by atoms with van der Waals surface area (Å²) >= 11 is 0. The molecule has 1 aliphatic rings. The average molecular weight is 264 g/mol. The molecule has 1 aromatic heterocycles. The molecule has 0 radical (unpaired) electrons. The van der Waals surface area contributed by atoms with Crippen molar-refractivity contribution >= 4 is 11.8 Å². The fourth-order valence-electron chi connectivity index (χ4n) is 2.50. The Morgan fingerprint density at radius 3 is 2.63 bits per heavy atom. The Kier molecular flexibility index (Phi) is 4.04. The Labute approximate surface area is 112 Å². The van der Waals surface area contributed by atoms with Crippen LogP contribution in [0.1, 0.15) is 43.0 Å². The number of nitrogens with zero attached hydrogens (tertiary/aromatic N) is 1. The largest absolute Gasteiger partial charge is 0.478 e. The number of nitrogens with one attached hydrogen (secondary N) is 1. The van der Waals surface area contributed by atoms with Crippen LogP contribution in [-0.4, -0.2) is 33.3 Å². The van der Waals surface area contributed by atoms with Gasteiger partial charge >= 0.3 is 5.97 Å². The molecule has 1 aromatic rings. The van der Waals surface area contributed by atoms with Crippen molar-refractivity contribution in [3.05, 3.63) is 23.9 Å². The van der Waals surface area contributed by atoms with Crippen molar-refractivity contribution in [2.75, 3.05) is 11.9 Å². The van der Waals surface area contributed by atoms with E-state index in [2.05, 4.69) is 17.2 Å². The number of aromatic nitrogens is 1. The lowest BCUT2D eigenvalue weighted by atomic mass is 9.77. The van der Waals surface area contributed by atoms with E-state index in [9.17, 15) is 9.90 Å². The second-order valence-corrected chi connectivity index (χ2v) is 5.48. The maximum atomic E-state index is 10.8. The number of hydrogen-bond acceptors (Lipinski definition) is 4. The molecule has 5 nitrogen and oxygen atoms in total. The first kappa shape index (κ1) is 13.8. The van der Waals surface area contributed by atoms with Crippen molar-refractivity contribution < 1.29 is 15.0 Å². The first-order valence-electron chi connectivity index (χ1n) is 6.63. The molecular weight excluding hydrogens is 244 g/mol. The highest BCUT2D eigenvalue weighted by molar-refractivity contribution is 5.87. The second kappa shape index (κ2) is 5.57. The Morgan fingerprint density at radius 2 is 2.16 bits per heavy atom. The fraction of sp³-hybridized carbons (Fsp3) is 0.571. The third-order valence-corrected chi connectivity index (χ3v) is 3.94. The van der Waals surface area contributed by atoms with E-state index in [1.807, 2.05) is 0 Å². The Bertz CT molecular complexity index is 437. The number of carboxylic acid groups (broad SMARTS) is 1. The molecule has 19 heavy (non-hydrogen) atoms. The summed E-state index contributed by atoms with van der Waals surface area (Å²) in [6.45, 7) is 2.29. The number of rotatable bonds is 4. The zero-order valence-electron chi connectivity index (χ0n) is 11.1. The lowest BCUT2D eigenvalue weighted by Crippen LogP contribution is -2.45. The Balaban J connectivity index is 2.08. The van der Waals surface area contributed by atoms with E-state index in [1.54, 1.807) is 6.07 Å². The van der Waals surface area contributed by atoms with Gasteiger partial charge in [-0.15, -0.1) is 0 Å². The van der Waals surface area contributed by atoms with Crippen molar-refractivity contribution in [1.29, 1.82) is 0 Å². The molecule has 0 unspecified atom stereocenters. The zero-order chi connectivity index (χ0) is 13.9. The fourth-order valence-corrected chi connectivity index (χ4v) is 2.50. The number of aliphatic hydroxyl groups is 1. The van der Waals surface area contributed by atoms with Crippen LogP contribution in [0.15, 0.2) is 18.3 Å². The average Bonchev–Trinajstić information content (AvgIpc) is 2.42. The number of anilines is 1. The van der Waals surface area contributed by atoms with Crippen LogP contribution in [0.5, 0.6) is 0 Å². The minimum Gasteiger partial charge on any atom is -0.478 e. The molecule has 2 rings (SSSR count). The maximum Gasteiger partial charge on any atom is 0.337 e. The number of hydrogen-bond donors (Lipinski definition) is 3. The van der Waals surface area contributed by atoms with Gasteiger partial charge in [-0.05, 0) is 43.7 Å². The predicted octanol–water partition coefficient (Wildman–Crippen LogP) is 2.13.